The number of unbranched alkanes of at least 4 members (excludes halogenated alkanes) is 4. The van der Waals surface area contributed by atoms with E-state index in [1.54, 1.807) is 0 Å². The van der Waals surface area contributed by atoms with Gasteiger partial charge in [-0.3, -0.25) is 0 Å². The number of halogens is 2. The van der Waals surface area contributed by atoms with Crippen LogP contribution in [0, 0.1) is 0 Å². The average Bonchev–Trinajstić information content (AvgIpc) is 2.21. The molecule has 3 heteroatoms. The van der Waals surface area contributed by atoms with Crippen LogP contribution >= 0.6 is 0 Å². The minimum Gasteiger partial charge on any atom is -0.387 e. The minimum atomic E-state index is -2.89. The molecule has 0 radical (unpaired) electrons. The van der Waals surface area contributed by atoms with Crippen LogP contribution in [0.1, 0.15) is 65.2 Å². The van der Waals surface area contributed by atoms with E-state index in [1.807, 2.05) is 6.92 Å². The van der Waals surface area contributed by atoms with E-state index in [0.717, 1.165) is 25.7 Å². The van der Waals surface area contributed by atoms with Crippen molar-refractivity contribution in [2.24, 2.45) is 0 Å². The molecule has 0 heterocycles. The summed E-state index contributed by atoms with van der Waals surface area (Å²) in [5.74, 6) is -2.89. The number of hydrogen-bond acceptors (Lipinski definition) is 1. The van der Waals surface area contributed by atoms with Crippen LogP contribution in [0.2, 0.25) is 0 Å². The van der Waals surface area contributed by atoms with E-state index in [9.17, 15) is 13.9 Å². The molecule has 0 aromatic rings. The van der Waals surface area contributed by atoms with E-state index < -0.39 is 12.0 Å². The molecule has 15 heavy (non-hydrogen) atoms. The topological polar surface area (TPSA) is 20.2 Å². The van der Waals surface area contributed by atoms with Gasteiger partial charge >= 0.3 is 0 Å². The smallest absolute Gasteiger partial charge is 0.273 e. The molecule has 0 aromatic heterocycles. The Morgan fingerprint density at radius 3 is 2.13 bits per heavy atom. The summed E-state index contributed by atoms with van der Waals surface area (Å²) in [6.07, 6.45) is 3.64. The predicted octanol–water partition coefficient (Wildman–Crippen LogP) is 4.14. The van der Waals surface area contributed by atoms with Crippen LogP contribution in [-0.4, -0.2) is 17.1 Å². The van der Waals surface area contributed by atoms with Gasteiger partial charge < -0.3 is 5.11 Å². The Labute approximate surface area is 91.9 Å². The van der Waals surface area contributed by atoms with Gasteiger partial charge in [0.25, 0.3) is 5.92 Å². The maximum atomic E-state index is 13.3. The van der Waals surface area contributed by atoms with Crippen molar-refractivity contribution in [2.45, 2.75) is 77.2 Å². The summed E-state index contributed by atoms with van der Waals surface area (Å²) in [5.41, 5.74) is 0. The summed E-state index contributed by atoms with van der Waals surface area (Å²) in [6, 6.07) is 0. The van der Waals surface area contributed by atoms with Gasteiger partial charge in [0, 0.05) is 6.42 Å². The van der Waals surface area contributed by atoms with Crippen LogP contribution in [0.3, 0.4) is 0 Å². The Hall–Kier alpha value is -0.180. The predicted molar refractivity (Wildman–Crippen MR) is 59.2 cm³/mol. The molecule has 0 amide bonds. The van der Waals surface area contributed by atoms with E-state index >= 15 is 0 Å². The lowest BCUT2D eigenvalue weighted by Gasteiger charge is -2.22. The minimum absolute atomic E-state index is 0.182. The molecule has 1 atom stereocenters. The molecular formula is C12H24F2O. The standard InChI is InChI=1S/C12H24F2O/c1-3-5-7-8-9-11(15)12(13,14)10-6-4-2/h11,15H,3-10H2,1-2H3. The zero-order valence-electron chi connectivity index (χ0n) is 9.94. The van der Waals surface area contributed by atoms with Crippen molar-refractivity contribution in [3.63, 3.8) is 0 Å². The van der Waals surface area contributed by atoms with Gasteiger partial charge in [0.05, 0.1) is 0 Å². The van der Waals surface area contributed by atoms with Gasteiger partial charge in [-0.15, -0.1) is 0 Å². The molecule has 0 saturated carbocycles. The zero-order valence-corrected chi connectivity index (χ0v) is 9.94. The molecule has 0 aliphatic rings. The van der Waals surface area contributed by atoms with Crippen molar-refractivity contribution in [2.75, 3.05) is 0 Å². The Morgan fingerprint density at radius 1 is 1.00 bits per heavy atom. The van der Waals surface area contributed by atoms with E-state index in [4.69, 9.17) is 0 Å². The Kier molecular flexibility index (Phi) is 7.93. The van der Waals surface area contributed by atoms with Crippen molar-refractivity contribution >= 4 is 0 Å². The summed E-state index contributed by atoms with van der Waals surface area (Å²) in [7, 11) is 0. The first-order valence-electron chi connectivity index (χ1n) is 6.10. The molecule has 92 valence electrons. The van der Waals surface area contributed by atoms with E-state index in [1.165, 1.54) is 0 Å². The number of rotatable bonds is 9. The average molecular weight is 222 g/mol. The van der Waals surface area contributed by atoms with Gasteiger partial charge in [0.15, 0.2) is 0 Å². The maximum Gasteiger partial charge on any atom is 0.273 e. The first-order valence-corrected chi connectivity index (χ1v) is 6.10. The van der Waals surface area contributed by atoms with Gasteiger partial charge in [0.1, 0.15) is 6.10 Å². The van der Waals surface area contributed by atoms with Gasteiger partial charge in [-0.1, -0.05) is 46.0 Å². The third-order valence-electron chi connectivity index (χ3n) is 2.68. The van der Waals surface area contributed by atoms with Crippen LogP contribution in [0.4, 0.5) is 8.78 Å². The lowest BCUT2D eigenvalue weighted by atomic mass is 10.0. The maximum absolute atomic E-state index is 13.3. The van der Waals surface area contributed by atoms with Crippen molar-refractivity contribution in [3.05, 3.63) is 0 Å². The van der Waals surface area contributed by atoms with Crippen LogP contribution in [0.15, 0.2) is 0 Å². The van der Waals surface area contributed by atoms with Gasteiger partial charge in [-0.25, -0.2) is 8.78 Å². The number of aliphatic hydroxyl groups excluding tert-OH is 1. The molecule has 1 nitrogen and oxygen atoms in total. The summed E-state index contributed by atoms with van der Waals surface area (Å²) < 4.78 is 26.5. The van der Waals surface area contributed by atoms with Gasteiger partial charge in [-0.05, 0) is 12.8 Å². The number of alkyl halides is 2. The summed E-state index contributed by atoms with van der Waals surface area (Å²) in [4.78, 5) is 0. The quantitative estimate of drug-likeness (QED) is 0.581. The molecule has 0 aliphatic heterocycles. The van der Waals surface area contributed by atoms with Crippen molar-refractivity contribution < 1.29 is 13.9 Å². The highest BCUT2D eigenvalue weighted by Crippen LogP contribution is 2.28. The molecule has 0 fully saturated rings. The van der Waals surface area contributed by atoms with Crippen molar-refractivity contribution in [1.29, 1.82) is 0 Å². The summed E-state index contributed by atoms with van der Waals surface area (Å²) in [6.45, 7) is 3.95. The summed E-state index contributed by atoms with van der Waals surface area (Å²) >= 11 is 0. The third-order valence-corrected chi connectivity index (χ3v) is 2.68. The van der Waals surface area contributed by atoms with Gasteiger partial charge in [0.2, 0.25) is 0 Å². The molecule has 0 aromatic carbocycles. The van der Waals surface area contributed by atoms with Crippen LogP contribution in [-0.2, 0) is 0 Å². The highest BCUT2D eigenvalue weighted by Gasteiger charge is 2.36. The molecule has 0 bridgehead atoms. The second-order valence-corrected chi connectivity index (χ2v) is 4.23. The first kappa shape index (κ1) is 14.8. The van der Waals surface area contributed by atoms with Crippen LogP contribution in [0.25, 0.3) is 0 Å². The summed E-state index contributed by atoms with van der Waals surface area (Å²) in [5, 5.41) is 9.35. The normalized spacial score (nSPS) is 14.2. The second-order valence-electron chi connectivity index (χ2n) is 4.23. The van der Waals surface area contributed by atoms with Crippen molar-refractivity contribution in [1.82, 2.24) is 0 Å². The third kappa shape index (κ3) is 6.82. The van der Waals surface area contributed by atoms with Crippen LogP contribution < -0.4 is 0 Å². The lowest BCUT2D eigenvalue weighted by Crippen LogP contribution is -2.33. The van der Waals surface area contributed by atoms with E-state index in [0.29, 0.717) is 12.8 Å². The number of hydrogen-bond donors (Lipinski definition) is 1. The Morgan fingerprint density at radius 2 is 1.60 bits per heavy atom. The van der Waals surface area contributed by atoms with Gasteiger partial charge in [-0.2, -0.15) is 0 Å². The molecule has 0 rings (SSSR count). The molecular weight excluding hydrogens is 198 g/mol. The molecule has 0 saturated heterocycles. The monoisotopic (exact) mass is 222 g/mol. The van der Waals surface area contributed by atoms with E-state index in [2.05, 4.69) is 6.92 Å². The molecule has 0 aliphatic carbocycles. The van der Waals surface area contributed by atoms with Crippen LogP contribution in [0.5, 0.6) is 0 Å². The largest absolute Gasteiger partial charge is 0.387 e. The first-order chi connectivity index (χ1) is 7.04. The fourth-order valence-corrected chi connectivity index (χ4v) is 1.55. The highest BCUT2D eigenvalue weighted by atomic mass is 19.3. The lowest BCUT2D eigenvalue weighted by molar-refractivity contribution is -0.117. The van der Waals surface area contributed by atoms with E-state index in [-0.39, 0.29) is 12.8 Å². The highest BCUT2D eigenvalue weighted by molar-refractivity contribution is 4.76. The zero-order chi connectivity index (χ0) is 11.7. The van der Waals surface area contributed by atoms with Crippen molar-refractivity contribution in [3.8, 4) is 0 Å². The molecule has 1 N–H and O–H groups in total. The second kappa shape index (κ2) is 8.03. The Bertz CT molecular complexity index is 149. The molecule has 1 unspecified atom stereocenters. The Balaban J connectivity index is 3.70. The molecule has 0 spiro atoms. The fraction of sp³-hybridized carbons (Fsp3) is 1.00. The fourth-order valence-electron chi connectivity index (χ4n) is 1.55. The number of aliphatic hydroxyl groups is 1. The SMILES string of the molecule is CCCCCCC(O)C(F)(F)CCCC.